The van der Waals surface area contributed by atoms with Gasteiger partial charge in [-0.1, -0.05) is 24.3 Å². The number of nitrogens with zero attached hydrogens (tertiary/aromatic N) is 3. The predicted molar refractivity (Wildman–Crippen MR) is 92.2 cm³/mol. The number of hydrogen-bond donors (Lipinski definition) is 1. The number of nitrogens with one attached hydrogen (secondary N) is 1. The van der Waals surface area contributed by atoms with E-state index in [-0.39, 0.29) is 5.56 Å². The molecule has 6 nitrogen and oxygen atoms in total. The van der Waals surface area contributed by atoms with E-state index >= 15 is 0 Å². The fourth-order valence-corrected chi connectivity index (χ4v) is 3.44. The zero-order valence-corrected chi connectivity index (χ0v) is 13.9. The van der Waals surface area contributed by atoms with E-state index < -0.39 is 11.2 Å². The maximum absolute atomic E-state index is 12.1. The Kier molecular flexibility index (Phi) is 4.26. The van der Waals surface area contributed by atoms with Crippen LogP contribution in [0.15, 0.2) is 33.9 Å². The molecule has 24 heavy (non-hydrogen) atoms. The van der Waals surface area contributed by atoms with Crippen LogP contribution in [-0.4, -0.2) is 15.7 Å². The van der Waals surface area contributed by atoms with Crippen molar-refractivity contribution in [3.8, 4) is 6.07 Å². The third kappa shape index (κ3) is 2.62. The average molecular weight is 324 g/mol. The van der Waals surface area contributed by atoms with Gasteiger partial charge in [0.2, 0.25) is 0 Å². The summed E-state index contributed by atoms with van der Waals surface area (Å²) in [5.41, 5.74) is 1.64. The molecule has 0 fully saturated rings. The van der Waals surface area contributed by atoms with E-state index in [4.69, 9.17) is 0 Å². The van der Waals surface area contributed by atoms with Crippen molar-refractivity contribution in [2.45, 2.75) is 25.2 Å². The first-order chi connectivity index (χ1) is 11.5. The minimum absolute atomic E-state index is 0.0244. The van der Waals surface area contributed by atoms with E-state index in [9.17, 15) is 14.9 Å². The van der Waals surface area contributed by atoms with Crippen LogP contribution in [0.2, 0.25) is 0 Å². The summed E-state index contributed by atoms with van der Waals surface area (Å²) in [7, 11) is 2.95. The number of nitriles is 1. The molecule has 3 rings (SSSR count). The molecule has 1 N–H and O–H groups in total. The highest BCUT2D eigenvalue weighted by Gasteiger charge is 2.21. The smallest absolute Gasteiger partial charge is 0.332 e. The summed E-state index contributed by atoms with van der Waals surface area (Å²) in [4.78, 5) is 24.2. The third-order valence-corrected chi connectivity index (χ3v) is 4.79. The number of anilines is 1. The molecule has 1 aromatic heterocycles. The van der Waals surface area contributed by atoms with Gasteiger partial charge in [-0.3, -0.25) is 13.9 Å². The minimum atomic E-state index is -0.563. The van der Waals surface area contributed by atoms with Crippen molar-refractivity contribution >= 4 is 5.82 Å². The van der Waals surface area contributed by atoms with Crippen LogP contribution in [0.25, 0.3) is 0 Å². The molecule has 1 aliphatic rings. The molecule has 0 aliphatic heterocycles. The summed E-state index contributed by atoms with van der Waals surface area (Å²) in [5, 5.41) is 12.5. The number of aryl methyl sites for hydroxylation is 1. The lowest BCUT2D eigenvalue weighted by molar-refractivity contribution is 0.568. The van der Waals surface area contributed by atoms with E-state index in [1.54, 1.807) is 7.05 Å². The van der Waals surface area contributed by atoms with Gasteiger partial charge < -0.3 is 5.32 Å². The Labute approximate surface area is 140 Å². The molecule has 0 saturated heterocycles. The Morgan fingerprint density at radius 2 is 2.00 bits per heavy atom. The molecule has 6 heteroatoms. The molecule has 124 valence electrons. The van der Waals surface area contributed by atoms with Gasteiger partial charge in [-0.25, -0.2) is 4.79 Å². The Balaban J connectivity index is 1.93. The van der Waals surface area contributed by atoms with Crippen molar-refractivity contribution in [2.75, 3.05) is 11.9 Å². The van der Waals surface area contributed by atoms with E-state index in [0.29, 0.717) is 18.3 Å². The Bertz CT molecular complexity index is 934. The number of benzene rings is 1. The van der Waals surface area contributed by atoms with Gasteiger partial charge in [0.25, 0.3) is 5.56 Å². The van der Waals surface area contributed by atoms with Gasteiger partial charge in [-0.05, 0) is 30.4 Å². The lowest BCUT2D eigenvalue weighted by Crippen LogP contribution is -2.40. The second-order valence-corrected chi connectivity index (χ2v) is 6.21. The molecular formula is C18H20N4O2. The van der Waals surface area contributed by atoms with Crippen molar-refractivity contribution in [1.82, 2.24) is 9.13 Å². The van der Waals surface area contributed by atoms with Gasteiger partial charge in [-0.15, -0.1) is 0 Å². The van der Waals surface area contributed by atoms with E-state index in [1.807, 2.05) is 18.2 Å². The van der Waals surface area contributed by atoms with E-state index in [0.717, 1.165) is 23.8 Å². The van der Waals surface area contributed by atoms with Gasteiger partial charge >= 0.3 is 5.69 Å². The number of fused-ring (bicyclic) bond motifs is 1. The van der Waals surface area contributed by atoms with Crippen LogP contribution in [0.5, 0.6) is 0 Å². The molecule has 0 amide bonds. The van der Waals surface area contributed by atoms with Crippen LogP contribution in [0.4, 0.5) is 5.82 Å². The number of aromatic nitrogens is 2. The van der Waals surface area contributed by atoms with Crippen LogP contribution in [0.3, 0.4) is 0 Å². The summed E-state index contributed by atoms with van der Waals surface area (Å²) in [5.74, 6) is 0.606. The second-order valence-electron chi connectivity index (χ2n) is 6.21. The summed E-state index contributed by atoms with van der Waals surface area (Å²) >= 11 is 0. The van der Waals surface area contributed by atoms with Crippen molar-refractivity contribution < 1.29 is 0 Å². The van der Waals surface area contributed by atoms with Crippen molar-refractivity contribution in [3.05, 3.63) is 61.8 Å². The quantitative estimate of drug-likeness (QED) is 0.927. The Morgan fingerprint density at radius 3 is 2.75 bits per heavy atom. The molecule has 0 saturated carbocycles. The van der Waals surface area contributed by atoms with Crippen molar-refractivity contribution in [2.24, 2.45) is 14.1 Å². The molecular weight excluding hydrogens is 304 g/mol. The lowest BCUT2D eigenvalue weighted by Gasteiger charge is -2.26. The molecule has 1 atom stereocenters. The predicted octanol–water partition coefficient (Wildman–Crippen LogP) is 1.49. The van der Waals surface area contributed by atoms with Crippen molar-refractivity contribution in [1.29, 1.82) is 5.26 Å². The molecule has 1 aliphatic carbocycles. The minimum Gasteiger partial charge on any atom is -0.369 e. The average Bonchev–Trinajstić information content (AvgIpc) is 2.61. The summed E-state index contributed by atoms with van der Waals surface area (Å²) in [6.07, 6.45) is 3.25. The highest BCUT2D eigenvalue weighted by atomic mass is 16.2. The zero-order chi connectivity index (χ0) is 17.3. The molecule has 2 aromatic rings. The van der Waals surface area contributed by atoms with Crippen LogP contribution in [-0.2, 0) is 20.5 Å². The summed E-state index contributed by atoms with van der Waals surface area (Å²) in [6.45, 7) is 0.589. The number of hydrogen-bond acceptors (Lipinski definition) is 4. The van der Waals surface area contributed by atoms with Crippen LogP contribution >= 0.6 is 0 Å². The SMILES string of the molecule is Cn1c(NC[C@H]2CCCc3ccccc32)c(C#N)c(=O)n(C)c1=O. The van der Waals surface area contributed by atoms with Gasteiger partial charge in [0.05, 0.1) is 0 Å². The topological polar surface area (TPSA) is 79.8 Å². The zero-order valence-electron chi connectivity index (χ0n) is 13.9. The van der Waals surface area contributed by atoms with Crippen molar-refractivity contribution in [3.63, 3.8) is 0 Å². The fraction of sp³-hybridized carbons (Fsp3) is 0.389. The number of rotatable bonds is 3. The van der Waals surface area contributed by atoms with E-state index in [2.05, 4.69) is 17.4 Å². The highest BCUT2D eigenvalue weighted by Crippen LogP contribution is 2.31. The second kappa shape index (κ2) is 6.36. The molecule has 1 aromatic carbocycles. The van der Waals surface area contributed by atoms with E-state index in [1.165, 1.54) is 22.7 Å². The summed E-state index contributed by atoms with van der Waals surface area (Å²) in [6, 6.07) is 10.3. The first kappa shape index (κ1) is 16.1. The highest BCUT2D eigenvalue weighted by molar-refractivity contribution is 5.51. The molecule has 1 heterocycles. The Hall–Kier alpha value is -2.81. The molecule has 0 unspecified atom stereocenters. The Morgan fingerprint density at radius 1 is 1.25 bits per heavy atom. The summed E-state index contributed by atoms with van der Waals surface area (Å²) < 4.78 is 2.29. The first-order valence-electron chi connectivity index (χ1n) is 8.06. The monoisotopic (exact) mass is 324 g/mol. The fourth-order valence-electron chi connectivity index (χ4n) is 3.44. The van der Waals surface area contributed by atoms with Gasteiger partial charge in [-0.2, -0.15) is 5.26 Å². The third-order valence-electron chi connectivity index (χ3n) is 4.79. The normalized spacial score (nSPS) is 16.3. The molecule has 0 bridgehead atoms. The first-order valence-corrected chi connectivity index (χ1v) is 8.06. The van der Waals surface area contributed by atoms with Crippen LogP contribution < -0.4 is 16.6 Å². The maximum Gasteiger partial charge on any atom is 0.332 e. The van der Waals surface area contributed by atoms with Crippen LogP contribution in [0.1, 0.15) is 35.4 Å². The maximum atomic E-state index is 12.1. The van der Waals surface area contributed by atoms with Gasteiger partial charge in [0, 0.05) is 26.6 Å². The van der Waals surface area contributed by atoms with Gasteiger partial charge in [0.1, 0.15) is 11.9 Å². The molecule has 0 spiro atoms. The lowest BCUT2D eigenvalue weighted by atomic mass is 9.83. The standard InChI is InChI=1S/C18H20N4O2/c1-21-16(15(10-19)17(23)22(2)18(21)24)20-11-13-8-5-7-12-6-3-4-9-14(12)13/h3-4,6,9,13,20H,5,7-8,11H2,1-2H3/t13-/m1/s1. The van der Waals surface area contributed by atoms with Gasteiger partial charge in [0.15, 0.2) is 5.56 Å². The largest absolute Gasteiger partial charge is 0.369 e. The molecule has 0 radical (unpaired) electrons. The van der Waals surface area contributed by atoms with Crippen LogP contribution in [0, 0.1) is 11.3 Å².